The van der Waals surface area contributed by atoms with Gasteiger partial charge in [-0.15, -0.1) is 10.2 Å². The fourth-order valence-corrected chi connectivity index (χ4v) is 1.94. The molecule has 22 heavy (non-hydrogen) atoms. The summed E-state index contributed by atoms with van der Waals surface area (Å²) in [5.74, 6) is 0.984. The van der Waals surface area contributed by atoms with Crippen LogP contribution in [0.1, 0.15) is 40.3 Å². The van der Waals surface area contributed by atoms with Crippen LogP contribution in [0, 0.1) is 0 Å². The number of para-hydroxylation sites is 2. The molecule has 6 heteroatoms. The van der Waals surface area contributed by atoms with Gasteiger partial charge in [0.05, 0.1) is 11.8 Å². The molecule has 2 aromatic rings. The lowest BCUT2D eigenvalue weighted by molar-refractivity contribution is 0.244. The van der Waals surface area contributed by atoms with Crippen LogP contribution in [0.25, 0.3) is 0 Å². The lowest BCUT2D eigenvalue weighted by Crippen LogP contribution is -2.28. The molecule has 0 spiro atoms. The molecule has 0 saturated carbocycles. The van der Waals surface area contributed by atoms with E-state index in [-0.39, 0.29) is 23.0 Å². The molecule has 0 aliphatic carbocycles. The van der Waals surface area contributed by atoms with Gasteiger partial charge in [-0.1, -0.05) is 32.9 Å². The third kappa shape index (κ3) is 3.84. The molecule has 0 aliphatic rings. The molecular formula is C16H22N4O2. The molecule has 0 radical (unpaired) electrons. The first-order valence-electron chi connectivity index (χ1n) is 7.27. The van der Waals surface area contributed by atoms with Crippen LogP contribution in [0.4, 0.5) is 11.6 Å². The highest BCUT2D eigenvalue weighted by Gasteiger charge is 2.20. The van der Waals surface area contributed by atoms with Gasteiger partial charge in [-0.3, -0.25) is 9.78 Å². The number of benzene rings is 1. The predicted octanol–water partition coefficient (Wildman–Crippen LogP) is 2.99. The molecule has 2 rings (SSSR count). The number of ether oxygens (including phenoxy) is 1. The zero-order chi connectivity index (χ0) is 16.3. The molecule has 0 atom stereocenters. The van der Waals surface area contributed by atoms with Crippen LogP contribution in [0.15, 0.2) is 29.1 Å². The summed E-state index contributed by atoms with van der Waals surface area (Å²) in [5, 5.41) is 11.1. The highest BCUT2D eigenvalue weighted by atomic mass is 16.5. The van der Waals surface area contributed by atoms with E-state index in [1.807, 2.05) is 58.9 Å². The van der Waals surface area contributed by atoms with Crippen LogP contribution in [0.3, 0.4) is 0 Å². The Morgan fingerprint density at radius 2 is 1.86 bits per heavy atom. The van der Waals surface area contributed by atoms with Crippen molar-refractivity contribution in [3.05, 3.63) is 40.3 Å². The molecule has 1 aromatic heterocycles. The van der Waals surface area contributed by atoms with Crippen molar-refractivity contribution in [1.82, 2.24) is 15.2 Å². The van der Waals surface area contributed by atoms with Gasteiger partial charge in [0.15, 0.2) is 0 Å². The minimum atomic E-state index is -0.349. The van der Waals surface area contributed by atoms with Crippen LogP contribution in [-0.2, 0) is 5.41 Å². The van der Waals surface area contributed by atoms with Crippen molar-refractivity contribution in [1.29, 1.82) is 0 Å². The first-order chi connectivity index (χ1) is 10.3. The number of anilines is 2. The molecule has 6 nitrogen and oxygen atoms in total. The van der Waals surface area contributed by atoms with Crippen LogP contribution in [0.2, 0.25) is 0 Å². The van der Waals surface area contributed by atoms with E-state index in [1.54, 1.807) is 0 Å². The Balaban J connectivity index is 2.29. The van der Waals surface area contributed by atoms with Crippen LogP contribution < -0.4 is 15.6 Å². The van der Waals surface area contributed by atoms with Gasteiger partial charge >= 0.3 is 0 Å². The number of hydrogen-bond donors (Lipinski definition) is 2. The molecule has 1 aromatic carbocycles. The van der Waals surface area contributed by atoms with Gasteiger partial charge in [0.2, 0.25) is 5.95 Å². The van der Waals surface area contributed by atoms with Crippen molar-refractivity contribution in [2.24, 2.45) is 0 Å². The number of nitrogens with zero attached hydrogens (tertiary/aromatic N) is 2. The summed E-state index contributed by atoms with van der Waals surface area (Å²) in [7, 11) is 0. The SMILES string of the molecule is CC(C)Oc1ccccc1Nc1nnc(C(C)(C)C)c(=O)[nH]1. The molecule has 0 unspecified atom stereocenters. The fourth-order valence-electron chi connectivity index (χ4n) is 1.94. The van der Waals surface area contributed by atoms with E-state index in [0.29, 0.717) is 11.4 Å². The van der Waals surface area contributed by atoms with Gasteiger partial charge in [0, 0.05) is 5.41 Å². The van der Waals surface area contributed by atoms with Crippen LogP contribution >= 0.6 is 0 Å². The van der Waals surface area contributed by atoms with Crippen molar-refractivity contribution < 1.29 is 4.74 Å². The van der Waals surface area contributed by atoms with E-state index >= 15 is 0 Å². The number of aromatic nitrogens is 3. The topological polar surface area (TPSA) is 79.9 Å². The molecule has 0 saturated heterocycles. The third-order valence-electron chi connectivity index (χ3n) is 2.91. The van der Waals surface area contributed by atoms with Gasteiger partial charge in [-0.2, -0.15) is 0 Å². The summed E-state index contributed by atoms with van der Waals surface area (Å²) in [6.45, 7) is 9.68. The monoisotopic (exact) mass is 302 g/mol. The zero-order valence-electron chi connectivity index (χ0n) is 13.6. The number of nitrogens with one attached hydrogen (secondary N) is 2. The first-order valence-corrected chi connectivity index (χ1v) is 7.27. The van der Waals surface area contributed by atoms with Crippen molar-refractivity contribution >= 4 is 11.6 Å². The fraction of sp³-hybridized carbons (Fsp3) is 0.438. The summed E-state index contributed by atoms with van der Waals surface area (Å²) < 4.78 is 5.72. The van der Waals surface area contributed by atoms with Crippen molar-refractivity contribution in [2.45, 2.75) is 46.1 Å². The molecule has 1 heterocycles. The second kappa shape index (κ2) is 6.17. The quantitative estimate of drug-likeness (QED) is 0.907. The Morgan fingerprint density at radius 3 is 2.45 bits per heavy atom. The predicted molar refractivity (Wildman–Crippen MR) is 86.8 cm³/mol. The Labute approximate surface area is 129 Å². The highest BCUT2D eigenvalue weighted by Crippen LogP contribution is 2.26. The van der Waals surface area contributed by atoms with E-state index in [9.17, 15) is 4.79 Å². The average Bonchev–Trinajstić information content (AvgIpc) is 2.39. The number of H-pyrrole nitrogens is 1. The highest BCUT2D eigenvalue weighted by molar-refractivity contribution is 5.62. The second-order valence-electron chi connectivity index (χ2n) is 6.39. The smallest absolute Gasteiger partial charge is 0.274 e. The number of rotatable bonds is 4. The Hall–Kier alpha value is -2.37. The largest absolute Gasteiger partial charge is 0.489 e. The zero-order valence-corrected chi connectivity index (χ0v) is 13.6. The van der Waals surface area contributed by atoms with Gasteiger partial charge in [0.1, 0.15) is 11.4 Å². The van der Waals surface area contributed by atoms with E-state index < -0.39 is 0 Å². The number of aromatic amines is 1. The van der Waals surface area contributed by atoms with Gasteiger partial charge in [-0.05, 0) is 26.0 Å². The summed E-state index contributed by atoms with van der Waals surface area (Å²) in [6.07, 6.45) is 0.0522. The molecule has 118 valence electrons. The number of hydrogen-bond acceptors (Lipinski definition) is 5. The van der Waals surface area contributed by atoms with Gasteiger partial charge in [0.25, 0.3) is 5.56 Å². The minimum Gasteiger partial charge on any atom is -0.489 e. The lowest BCUT2D eigenvalue weighted by Gasteiger charge is -2.17. The molecule has 0 amide bonds. The normalized spacial score (nSPS) is 11.5. The van der Waals surface area contributed by atoms with E-state index in [1.165, 1.54) is 0 Å². The maximum Gasteiger partial charge on any atom is 0.274 e. The molecule has 2 N–H and O–H groups in total. The van der Waals surface area contributed by atoms with E-state index in [0.717, 1.165) is 5.69 Å². The van der Waals surface area contributed by atoms with Gasteiger partial charge < -0.3 is 10.1 Å². The van der Waals surface area contributed by atoms with Crippen molar-refractivity contribution in [2.75, 3.05) is 5.32 Å². The van der Waals surface area contributed by atoms with E-state index in [2.05, 4.69) is 20.5 Å². The average molecular weight is 302 g/mol. The van der Waals surface area contributed by atoms with Crippen LogP contribution in [-0.4, -0.2) is 21.3 Å². The van der Waals surface area contributed by atoms with Crippen LogP contribution in [0.5, 0.6) is 5.75 Å². The van der Waals surface area contributed by atoms with Crippen molar-refractivity contribution in [3.8, 4) is 5.75 Å². The Kier molecular flexibility index (Phi) is 4.49. The first kappa shape index (κ1) is 16.0. The summed E-state index contributed by atoms with van der Waals surface area (Å²) in [4.78, 5) is 14.8. The second-order valence-corrected chi connectivity index (χ2v) is 6.39. The van der Waals surface area contributed by atoms with Gasteiger partial charge in [-0.25, -0.2) is 0 Å². The Bertz CT molecular complexity index is 702. The molecule has 0 aliphatic heterocycles. The molecule has 0 fully saturated rings. The standard InChI is InChI=1S/C16H22N4O2/c1-10(2)22-12-9-7-6-8-11(12)17-15-18-14(21)13(19-20-15)16(3,4)5/h6-10H,1-5H3,(H2,17,18,20,21). The third-order valence-corrected chi connectivity index (χ3v) is 2.91. The lowest BCUT2D eigenvalue weighted by atomic mass is 9.93. The maximum absolute atomic E-state index is 12.1. The molecule has 0 bridgehead atoms. The van der Waals surface area contributed by atoms with Crippen molar-refractivity contribution in [3.63, 3.8) is 0 Å². The molecular weight excluding hydrogens is 280 g/mol. The summed E-state index contributed by atoms with van der Waals surface area (Å²) in [6, 6.07) is 7.48. The summed E-state index contributed by atoms with van der Waals surface area (Å²) in [5.41, 5.74) is 0.541. The summed E-state index contributed by atoms with van der Waals surface area (Å²) >= 11 is 0. The minimum absolute atomic E-state index is 0.0522. The maximum atomic E-state index is 12.1. The Morgan fingerprint density at radius 1 is 1.18 bits per heavy atom. The van der Waals surface area contributed by atoms with E-state index in [4.69, 9.17) is 4.74 Å².